The summed E-state index contributed by atoms with van der Waals surface area (Å²) in [6.45, 7) is 6.43. The van der Waals surface area contributed by atoms with Gasteiger partial charge in [-0.2, -0.15) is 0 Å². The van der Waals surface area contributed by atoms with Crippen molar-refractivity contribution in [3.63, 3.8) is 0 Å². The fourth-order valence-electron chi connectivity index (χ4n) is 2.58. The van der Waals surface area contributed by atoms with Gasteiger partial charge in [0.25, 0.3) is 0 Å². The second kappa shape index (κ2) is 12.8. The van der Waals surface area contributed by atoms with Crippen molar-refractivity contribution < 1.29 is 4.79 Å². The van der Waals surface area contributed by atoms with Crippen LogP contribution in [0.25, 0.3) is 0 Å². The molecule has 1 atom stereocenters. The van der Waals surface area contributed by atoms with Crippen LogP contribution in [0, 0.1) is 0 Å². The van der Waals surface area contributed by atoms with E-state index in [0.717, 1.165) is 25.2 Å². The Hall–Kier alpha value is -2.54. The third-order valence-corrected chi connectivity index (χ3v) is 5.32. The van der Waals surface area contributed by atoms with Crippen LogP contribution in [0.1, 0.15) is 19.5 Å². The summed E-state index contributed by atoms with van der Waals surface area (Å²) in [4.78, 5) is 24.1. The zero-order valence-electron chi connectivity index (χ0n) is 17.5. The van der Waals surface area contributed by atoms with Gasteiger partial charge in [0, 0.05) is 55.1 Å². The number of nitrogens with zero attached hydrogens (tertiary/aromatic N) is 3. The molecule has 0 aliphatic heterocycles. The lowest BCUT2D eigenvalue weighted by Gasteiger charge is -2.18. The minimum Gasteiger partial charge on any atom is -0.357 e. The molecule has 6 nitrogen and oxygen atoms in total. The topological polar surface area (TPSA) is 69.6 Å². The number of guanidine groups is 1. The zero-order valence-corrected chi connectivity index (χ0v) is 18.3. The molecule has 29 heavy (non-hydrogen) atoms. The van der Waals surface area contributed by atoms with E-state index < -0.39 is 0 Å². The van der Waals surface area contributed by atoms with Crippen LogP contribution in [0.3, 0.4) is 0 Å². The van der Waals surface area contributed by atoms with Gasteiger partial charge < -0.3 is 15.5 Å². The number of amides is 1. The smallest absolute Gasteiger partial charge is 0.244 e. The van der Waals surface area contributed by atoms with Crippen molar-refractivity contribution in [1.82, 2.24) is 20.5 Å². The predicted molar refractivity (Wildman–Crippen MR) is 121 cm³/mol. The van der Waals surface area contributed by atoms with Crippen LogP contribution in [0.5, 0.6) is 0 Å². The molecule has 1 unspecified atom stereocenters. The van der Waals surface area contributed by atoms with Crippen molar-refractivity contribution in [2.45, 2.75) is 30.4 Å². The minimum atomic E-state index is -0.00940. The van der Waals surface area contributed by atoms with Gasteiger partial charge in [-0.3, -0.25) is 9.78 Å². The first-order chi connectivity index (χ1) is 14.1. The van der Waals surface area contributed by atoms with Crippen molar-refractivity contribution in [3.05, 3.63) is 60.4 Å². The van der Waals surface area contributed by atoms with Gasteiger partial charge in [-0.1, -0.05) is 31.2 Å². The average Bonchev–Trinajstić information content (AvgIpc) is 2.75. The van der Waals surface area contributed by atoms with Gasteiger partial charge in [-0.05, 0) is 31.2 Å². The van der Waals surface area contributed by atoms with Crippen LogP contribution >= 0.6 is 11.8 Å². The van der Waals surface area contributed by atoms with Gasteiger partial charge in [-0.25, -0.2) is 4.99 Å². The van der Waals surface area contributed by atoms with Crippen molar-refractivity contribution in [1.29, 1.82) is 0 Å². The second-order valence-corrected chi connectivity index (χ2v) is 8.22. The highest BCUT2D eigenvalue weighted by Gasteiger charge is 2.10. The third-order valence-electron chi connectivity index (χ3n) is 4.21. The number of rotatable bonds is 10. The molecule has 7 heteroatoms. The molecule has 2 N–H and O–H groups in total. The summed E-state index contributed by atoms with van der Waals surface area (Å²) in [6.07, 6.45) is 2.51. The highest BCUT2D eigenvalue weighted by atomic mass is 32.2. The van der Waals surface area contributed by atoms with E-state index in [1.54, 1.807) is 18.1 Å². The lowest BCUT2D eigenvalue weighted by Crippen LogP contribution is -2.41. The molecule has 0 saturated heterocycles. The first-order valence-corrected chi connectivity index (χ1v) is 10.8. The first-order valence-electron chi connectivity index (χ1n) is 9.96. The highest BCUT2D eigenvalue weighted by Crippen LogP contribution is 2.21. The molecule has 0 radical (unpaired) electrons. The van der Waals surface area contributed by atoms with Gasteiger partial charge in [0.15, 0.2) is 5.96 Å². The Balaban J connectivity index is 1.78. The van der Waals surface area contributed by atoms with E-state index in [-0.39, 0.29) is 12.5 Å². The summed E-state index contributed by atoms with van der Waals surface area (Å²) < 4.78 is 0. The molecule has 2 aromatic rings. The number of aliphatic imine (C=N–C) groups is 1. The summed E-state index contributed by atoms with van der Waals surface area (Å²) in [5.41, 5.74) is 0.982. The monoisotopic (exact) mass is 413 g/mol. The number of carbonyl (C=O) groups excluding carboxylic acids is 1. The number of thioether (sulfide) groups is 1. The number of nitrogens with one attached hydrogen (secondary N) is 2. The Morgan fingerprint density at radius 1 is 1.17 bits per heavy atom. The van der Waals surface area contributed by atoms with Crippen molar-refractivity contribution in [2.24, 2.45) is 4.99 Å². The SMILES string of the molecule is CCNC(=NCC(=O)N(C)CCc1ccccn1)NCC(C)Sc1ccccc1. The molecular formula is C22H31N5OS. The zero-order chi connectivity index (χ0) is 20.9. The number of likely N-dealkylation sites (N-methyl/N-ethyl adjacent to an activating group) is 1. The van der Waals surface area contributed by atoms with Crippen LogP contribution in [0.2, 0.25) is 0 Å². The fourth-order valence-corrected chi connectivity index (χ4v) is 3.52. The van der Waals surface area contributed by atoms with Crippen molar-refractivity contribution >= 4 is 23.6 Å². The lowest BCUT2D eigenvalue weighted by atomic mass is 10.2. The van der Waals surface area contributed by atoms with Crippen LogP contribution in [0.15, 0.2) is 64.6 Å². The molecule has 0 saturated carbocycles. The van der Waals surface area contributed by atoms with Gasteiger partial charge in [0.1, 0.15) is 6.54 Å². The molecule has 2 rings (SSSR count). The summed E-state index contributed by atoms with van der Waals surface area (Å²) in [5.74, 6) is 0.657. The average molecular weight is 414 g/mol. The van der Waals surface area contributed by atoms with E-state index in [2.05, 4.69) is 39.7 Å². The summed E-state index contributed by atoms with van der Waals surface area (Å²) in [6, 6.07) is 16.2. The maximum absolute atomic E-state index is 12.4. The number of hydrogen-bond donors (Lipinski definition) is 2. The van der Waals surface area contributed by atoms with Gasteiger partial charge in [0.05, 0.1) is 0 Å². The maximum Gasteiger partial charge on any atom is 0.244 e. The van der Waals surface area contributed by atoms with E-state index >= 15 is 0 Å². The number of benzene rings is 1. The third kappa shape index (κ3) is 9.00. The Morgan fingerprint density at radius 2 is 1.93 bits per heavy atom. The summed E-state index contributed by atoms with van der Waals surface area (Å²) in [5, 5.41) is 6.91. The van der Waals surface area contributed by atoms with Crippen LogP contribution < -0.4 is 10.6 Å². The molecule has 0 spiro atoms. The molecular weight excluding hydrogens is 382 g/mol. The number of hydrogen-bond acceptors (Lipinski definition) is 4. The first kappa shape index (κ1) is 22.7. The van der Waals surface area contributed by atoms with E-state index in [4.69, 9.17) is 0 Å². The molecule has 1 aromatic carbocycles. The molecule has 0 aliphatic carbocycles. The minimum absolute atomic E-state index is 0.00940. The highest BCUT2D eigenvalue weighted by molar-refractivity contribution is 8.00. The summed E-state index contributed by atoms with van der Waals surface area (Å²) >= 11 is 1.81. The number of pyridine rings is 1. The molecule has 0 bridgehead atoms. The molecule has 0 fully saturated rings. The predicted octanol–water partition coefficient (Wildman–Crippen LogP) is 2.82. The quantitative estimate of drug-likeness (QED) is 0.356. The molecule has 1 amide bonds. The number of carbonyl (C=O) groups is 1. The van der Waals surface area contributed by atoms with Gasteiger partial charge in [-0.15, -0.1) is 11.8 Å². The Bertz CT molecular complexity index is 754. The normalized spacial score (nSPS) is 12.3. The van der Waals surface area contributed by atoms with Crippen molar-refractivity contribution in [3.8, 4) is 0 Å². The largest absolute Gasteiger partial charge is 0.357 e. The van der Waals surface area contributed by atoms with Crippen molar-refractivity contribution in [2.75, 3.05) is 33.2 Å². The molecule has 156 valence electrons. The van der Waals surface area contributed by atoms with E-state index in [1.807, 2.05) is 55.1 Å². The Labute approximate surface area is 178 Å². The van der Waals surface area contributed by atoms with Crippen LogP contribution in [-0.2, 0) is 11.2 Å². The van der Waals surface area contributed by atoms with E-state index in [1.165, 1.54) is 4.90 Å². The number of aromatic nitrogens is 1. The van der Waals surface area contributed by atoms with Crippen LogP contribution in [0.4, 0.5) is 0 Å². The molecule has 0 aliphatic rings. The fraction of sp³-hybridized carbons (Fsp3) is 0.409. The van der Waals surface area contributed by atoms with E-state index in [0.29, 0.717) is 17.8 Å². The molecule has 1 heterocycles. The maximum atomic E-state index is 12.4. The standard InChI is InChI=1S/C22H31N5OS/c1-4-23-22(25-16-18(2)29-20-11-6-5-7-12-20)26-17-21(28)27(3)15-13-19-10-8-9-14-24-19/h5-12,14,18H,4,13,15-17H2,1-3H3,(H2,23,25,26). The van der Waals surface area contributed by atoms with Gasteiger partial charge >= 0.3 is 0 Å². The van der Waals surface area contributed by atoms with E-state index in [9.17, 15) is 4.79 Å². The Morgan fingerprint density at radius 3 is 2.62 bits per heavy atom. The summed E-state index contributed by atoms with van der Waals surface area (Å²) in [7, 11) is 1.81. The second-order valence-electron chi connectivity index (χ2n) is 6.70. The van der Waals surface area contributed by atoms with Gasteiger partial charge in [0.2, 0.25) is 5.91 Å². The molecule has 1 aromatic heterocycles. The Kier molecular flexibility index (Phi) is 10.1. The van der Waals surface area contributed by atoms with Crippen LogP contribution in [-0.4, -0.2) is 60.2 Å². The lowest BCUT2D eigenvalue weighted by molar-refractivity contribution is -0.128.